The van der Waals surface area contributed by atoms with Gasteiger partial charge in [0.15, 0.2) is 11.5 Å². The summed E-state index contributed by atoms with van der Waals surface area (Å²) in [7, 11) is 6.95. The number of fused-ring (bicyclic) bond motifs is 2. The van der Waals surface area contributed by atoms with E-state index in [1.807, 2.05) is 30.3 Å². The van der Waals surface area contributed by atoms with Gasteiger partial charge in [0.2, 0.25) is 12.5 Å². The van der Waals surface area contributed by atoms with Crippen LogP contribution in [0.4, 0.5) is 0 Å². The Morgan fingerprint density at radius 3 is 2.70 bits per heavy atom. The molecule has 2 aromatic rings. The normalized spacial score (nSPS) is 19.8. The third-order valence-electron chi connectivity index (χ3n) is 5.73. The van der Waals surface area contributed by atoms with Gasteiger partial charge < -0.3 is 28.6 Å². The van der Waals surface area contributed by atoms with Crippen LogP contribution in [0.15, 0.2) is 30.3 Å². The summed E-state index contributed by atoms with van der Waals surface area (Å²) in [5.41, 5.74) is 5.74. The van der Waals surface area contributed by atoms with E-state index in [2.05, 4.69) is 12.5 Å². The number of methoxy groups -OCH3 is 3. The van der Waals surface area contributed by atoms with E-state index in [9.17, 15) is 5.21 Å². The second-order valence-electron chi connectivity index (χ2n) is 7.30. The molecule has 0 fully saturated rings. The summed E-state index contributed by atoms with van der Waals surface area (Å²) in [6.45, 7) is 1.10. The molecule has 160 valence electrons. The van der Waals surface area contributed by atoms with Gasteiger partial charge in [0, 0.05) is 18.1 Å². The summed E-state index contributed by atoms with van der Waals surface area (Å²) in [6.07, 6.45) is 2.87. The predicted molar refractivity (Wildman–Crippen MR) is 110 cm³/mol. The second kappa shape index (κ2) is 8.33. The van der Waals surface area contributed by atoms with Crippen LogP contribution in [0.25, 0.3) is 5.70 Å². The first kappa shape index (κ1) is 20.2. The van der Waals surface area contributed by atoms with Gasteiger partial charge in [-0.25, -0.2) is 0 Å². The molecule has 0 saturated heterocycles. The van der Waals surface area contributed by atoms with Crippen molar-refractivity contribution in [3.63, 3.8) is 0 Å². The molecule has 2 atom stereocenters. The molecule has 8 heteroatoms. The van der Waals surface area contributed by atoms with E-state index in [-0.39, 0.29) is 12.8 Å². The zero-order chi connectivity index (χ0) is 21.3. The van der Waals surface area contributed by atoms with Crippen molar-refractivity contribution in [3.8, 4) is 28.7 Å². The molecular weight excluding hydrogens is 388 g/mol. The largest absolute Gasteiger partial charge is 0.497 e. The lowest BCUT2D eigenvalue weighted by Crippen LogP contribution is -3.10. The van der Waals surface area contributed by atoms with Gasteiger partial charge in [0.25, 0.3) is 0 Å². The number of hydrogen-bond acceptors (Lipinski definition) is 7. The van der Waals surface area contributed by atoms with Gasteiger partial charge in [-0.05, 0) is 29.8 Å². The summed E-state index contributed by atoms with van der Waals surface area (Å²) in [6, 6.07) is 7.39. The molecule has 2 aromatic carbocycles. The molecule has 3 N–H and O–H groups in total. The summed E-state index contributed by atoms with van der Waals surface area (Å²) < 4.78 is 27.9. The number of likely N-dealkylation sites (N-methyl/N-ethyl adjacent to an activating group) is 1. The van der Waals surface area contributed by atoms with Gasteiger partial charge in [-0.15, -0.1) is 0 Å². The monoisotopic (exact) mass is 415 g/mol. The van der Waals surface area contributed by atoms with Crippen LogP contribution >= 0.6 is 0 Å². The maximum atomic E-state index is 10.0. The highest BCUT2D eigenvalue weighted by Gasteiger charge is 2.36. The Morgan fingerprint density at radius 2 is 2.00 bits per heavy atom. The van der Waals surface area contributed by atoms with Crippen molar-refractivity contribution in [1.82, 2.24) is 5.48 Å². The Bertz CT molecular complexity index is 975. The number of rotatable bonds is 6. The molecule has 2 heterocycles. The lowest BCUT2D eigenvalue weighted by atomic mass is 9.90. The minimum atomic E-state index is -0.0937. The number of nitrogens with one attached hydrogen (secondary N) is 2. The SMILES string of the molecule is COc1ccc(OC)c(/C(=C\[C@H]2c3c(cc4c(c3OC)OCO4)CC[NH+]2C)NO)c1. The van der Waals surface area contributed by atoms with E-state index in [1.165, 1.54) is 4.90 Å². The Labute approximate surface area is 175 Å². The fraction of sp³-hybridized carbons (Fsp3) is 0.364. The zero-order valence-corrected chi connectivity index (χ0v) is 17.6. The molecule has 1 unspecified atom stereocenters. The van der Waals surface area contributed by atoms with Crippen molar-refractivity contribution in [2.45, 2.75) is 12.5 Å². The molecule has 0 saturated carbocycles. The highest BCUT2D eigenvalue weighted by molar-refractivity contribution is 5.71. The molecule has 4 rings (SSSR count). The van der Waals surface area contributed by atoms with Crippen LogP contribution in [0.3, 0.4) is 0 Å². The minimum Gasteiger partial charge on any atom is -0.497 e. The average Bonchev–Trinajstić information content (AvgIpc) is 3.25. The first-order valence-electron chi connectivity index (χ1n) is 9.77. The molecular formula is C22H27N2O6+. The van der Waals surface area contributed by atoms with Crippen molar-refractivity contribution in [2.75, 3.05) is 41.7 Å². The Balaban J connectivity index is 1.86. The highest BCUT2D eigenvalue weighted by Crippen LogP contribution is 2.47. The number of quaternary nitrogens is 1. The van der Waals surface area contributed by atoms with Crippen molar-refractivity contribution in [2.24, 2.45) is 0 Å². The summed E-state index contributed by atoms with van der Waals surface area (Å²) in [4.78, 5) is 1.26. The molecule has 0 radical (unpaired) electrons. The molecule has 0 spiro atoms. The number of hydrogen-bond donors (Lipinski definition) is 3. The first-order valence-corrected chi connectivity index (χ1v) is 9.77. The maximum absolute atomic E-state index is 10.0. The molecule has 2 aliphatic heterocycles. The van der Waals surface area contributed by atoms with Crippen molar-refractivity contribution >= 4 is 5.70 Å². The number of hydroxylamine groups is 1. The quantitative estimate of drug-likeness (QED) is 0.618. The van der Waals surface area contributed by atoms with Crippen LogP contribution in [0.5, 0.6) is 28.7 Å². The Morgan fingerprint density at radius 1 is 1.17 bits per heavy atom. The van der Waals surface area contributed by atoms with E-state index in [4.69, 9.17) is 23.7 Å². The standard InChI is InChI=1S/C22H26N2O6/c1-24-8-7-13-9-19-21(30-12-29-19)22(28-4)20(13)17(24)11-16(23-25)15-10-14(26-2)5-6-18(15)27-3/h5-6,9-11,17,23,25H,7-8,12H2,1-4H3/p+1/b16-11+/t17-/m0/s1. The van der Waals surface area contributed by atoms with Gasteiger partial charge in [-0.1, -0.05) is 0 Å². The highest BCUT2D eigenvalue weighted by atomic mass is 16.7. The fourth-order valence-corrected chi connectivity index (χ4v) is 4.17. The smallest absolute Gasteiger partial charge is 0.231 e. The molecule has 8 nitrogen and oxygen atoms in total. The summed E-state index contributed by atoms with van der Waals surface area (Å²) >= 11 is 0. The van der Waals surface area contributed by atoms with E-state index in [1.54, 1.807) is 21.3 Å². The molecule has 0 amide bonds. The van der Waals surface area contributed by atoms with Crippen LogP contribution in [-0.4, -0.2) is 46.9 Å². The molecule has 2 aliphatic rings. The maximum Gasteiger partial charge on any atom is 0.231 e. The predicted octanol–water partition coefficient (Wildman–Crippen LogP) is 1.57. The van der Waals surface area contributed by atoms with Crippen LogP contribution in [0.2, 0.25) is 0 Å². The van der Waals surface area contributed by atoms with Crippen LogP contribution in [-0.2, 0) is 6.42 Å². The average molecular weight is 415 g/mol. The van der Waals surface area contributed by atoms with Crippen molar-refractivity contribution < 1.29 is 33.8 Å². The minimum absolute atomic E-state index is 0.0937. The van der Waals surface area contributed by atoms with E-state index < -0.39 is 0 Å². The van der Waals surface area contributed by atoms with Gasteiger partial charge >= 0.3 is 0 Å². The number of benzene rings is 2. The van der Waals surface area contributed by atoms with Gasteiger partial charge in [-0.3, -0.25) is 10.7 Å². The molecule has 0 aliphatic carbocycles. The Kier molecular flexibility index (Phi) is 5.61. The lowest BCUT2D eigenvalue weighted by Gasteiger charge is -2.32. The lowest BCUT2D eigenvalue weighted by molar-refractivity contribution is -0.907. The molecule has 0 aromatic heterocycles. The zero-order valence-electron chi connectivity index (χ0n) is 17.6. The molecule has 0 bridgehead atoms. The fourth-order valence-electron chi connectivity index (χ4n) is 4.17. The van der Waals surface area contributed by atoms with E-state index >= 15 is 0 Å². The van der Waals surface area contributed by atoms with Crippen LogP contribution in [0.1, 0.15) is 22.7 Å². The van der Waals surface area contributed by atoms with Crippen molar-refractivity contribution in [3.05, 3.63) is 47.0 Å². The van der Waals surface area contributed by atoms with Gasteiger partial charge in [0.1, 0.15) is 17.5 Å². The molecule has 30 heavy (non-hydrogen) atoms. The van der Waals surface area contributed by atoms with Crippen LogP contribution in [0, 0.1) is 0 Å². The van der Waals surface area contributed by atoms with E-state index in [0.717, 1.165) is 24.1 Å². The topological polar surface area (TPSA) is 82.9 Å². The van der Waals surface area contributed by atoms with Crippen molar-refractivity contribution in [1.29, 1.82) is 0 Å². The summed E-state index contributed by atoms with van der Waals surface area (Å²) in [5, 5.41) is 10.0. The van der Waals surface area contributed by atoms with Gasteiger partial charge in [-0.2, -0.15) is 0 Å². The van der Waals surface area contributed by atoms with E-state index in [0.29, 0.717) is 40.0 Å². The Hall–Kier alpha value is -3.10. The third-order valence-corrected chi connectivity index (χ3v) is 5.73. The summed E-state index contributed by atoms with van der Waals surface area (Å²) in [5.74, 6) is 3.30. The van der Waals surface area contributed by atoms with Gasteiger partial charge in [0.05, 0.1) is 46.2 Å². The second-order valence-corrected chi connectivity index (χ2v) is 7.30. The third kappa shape index (κ3) is 3.38. The number of ether oxygens (including phenoxy) is 5. The first-order chi connectivity index (χ1) is 14.6. The van der Waals surface area contributed by atoms with Crippen LogP contribution < -0.4 is 34.1 Å².